The number of hydrogen-bond donors (Lipinski definition) is 3. The molecule has 0 fully saturated rings. The van der Waals surface area contributed by atoms with Crippen LogP contribution in [0.1, 0.15) is 41.0 Å². The summed E-state index contributed by atoms with van der Waals surface area (Å²) in [5, 5.41) is 21.5. The zero-order chi connectivity index (χ0) is 16.1. The lowest BCUT2D eigenvalue weighted by atomic mass is 9.94. The van der Waals surface area contributed by atoms with Gasteiger partial charge in [0.25, 0.3) is 0 Å². The molecule has 0 radical (unpaired) electrons. The molecule has 3 atom stereocenters. The Morgan fingerprint density at radius 2 is 1.80 bits per heavy atom. The van der Waals surface area contributed by atoms with Gasteiger partial charge < -0.3 is 20.4 Å². The molecule has 0 saturated carbocycles. The van der Waals surface area contributed by atoms with E-state index in [0.29, 0.717) is 0 Å². The topological polar surface area (TPSA) is 89.9 Å². The van der Waals surface area contributed by atoms with Crippen LogP contribution in [0, 0.1) is 5.92 Å². The van der Waals surface area contributed by atoms with Gasteiger partial charge in [-0.15, -0.1) is 0 Å². The average molecular weight is 288 g/mol. The normalized spacial score (nSPS) is 16.4. The van der Waals surface area contributed by atoms with Gasteiger partial charge >= 0.3 is 5.97 Å². The number of carboxylic acid groups (broad SMARTS) is 1. The van der Waals surface area contributed by atoms with E-state index in [2.05, 4.69) is 5.32 Å². The van der Waals surface area contributed by atoms with Gasteiger partial charge in [0.2, 0.25) is 5.91 Å². The van der Waals surface area contributed by atoms with Crippen molar-refractivity contribution in [3.8, 4) is 0 Å². The molecule has 118 valence electrons. The van der Waals surface area contributed by atoms with E-state index in [4.69, 9.17) is 0 Å². The Morgan fingerprint density at radius 3 is 2.05 bits per heavy atom. The lowest BCUT2D eigenvalue weighted by molar-refractivity contribution is -0.158. The van der Waals surface area contributed by atoms with Crippen LogP contribution in [0.5, 0.6) is 0 Å². The van der Waals surface area contributed by atoms with E-state index < -0.39 is 30.2 Å². The van der Waals surface area contributed by atoms with Crippen molar-refractivity contribution in [3.05, 3.63) is 0 Å². The van der Waals surface area contributed by atoms with Gasteiger partial charge in [0.15, 0.2) is 6.04 Å². The molecule has 3 N–H and O–H groups in total. The molecule has 20 heavy (non-hydrogen) atoms. The molecule has 0 heterocycles. The van der Waals surface area contributed by atoms with Gasteiger partial charge in [-0.2, -0.15) is 0 Å². The SMILES string of the molecule is CC[C@H](C)[C@H](NC)C(=O)N([C@@H](CO)C(=O)O)C(C)(C)C. The maximum atomic E-state index is 12.7. The van der Waals surface area contributed by atoms with E-state index in [9.17, 15) is 19.8 Å². The third-order valence-electron chi connectivity index (χ3n) is 3.52. The third kappa shape index (κ3) is 4.45. The van der Waals surface area contributed by atoms with E-state index in [1.165, 1.54) is 4.90 Å². The molecule has 0 saturated heterocycles. The summed E-state index contributed by atoms with van der Waals surface area (Å²) in [5.74, 6) is -1.42. The summed E-state index contributed by atoms with van der Waals surface area (Å²) in [5.41, 5.74) is -0.689. The lowest BCUT2D eigenvalue weighted by Crippen LogP contribution is -2.61. The van der Waals surface area contributed by atoms with Crippen LogP contribution in [0.3, 0.4) is 0 Å². The molecular weight excluding hydrogens is 260 g/mol. The monoisotopic (exact) mass is 288 g/mol. The molecule has 6 heteroatoms. The van der Waals surface area contributed by atoms with Crippen molar-refractivity contribution in [2.24, 2.45) is 5.92 Å². The smallest absolute Gasteiger partial charge is 0.328 e. The molecule has 0 bridgehead atoms. The van der Waals surface area contributed by atoms with Crippen molar-refractivity contribution in [1.82, 2.24) is 10.2 Å². The van der Waals surface area contributed by atoms with Crippen LogP contribution in [-0.2, 0) is 9.59 Å². The highest BCUT2D eigenvalue weighted by Crippen LogP contribution is 2.21. The summed E-state index contributed by atoms with van der Waals surface area (Å²) in [7, 11) is 1.68. The first-order chi connectivity index (χ1) is 9.11. The van der Waals surface area contributed by atoms with Gasteiger partial charge in [0.1, 0.15) is 0 Å². The van der Waals surface area contributed by atoms with Crippen molar-refractivity contribution >= 4 is 11.9 Å². The Bertz CT molecular complexity index is 339. The van der Waals surface area contributed by atoms with Crippen LogP contribution in [0.25, 0.3) is 0 Å². The van der Waals surface area contributed by atoms with Crippen LogP contribution in [-0.4, -0.2) is 58.3 Å². The summed E-state index contributed by atoms with van der Waals surface area (Å²) in [6.07, 6.45) is 0.798. The van der Waals surface area contributed by atoms with E-state index in [-0.39, 0.29) is 11.8 Å². The van der Waals surface area contributed by atoms with Crippen molar-refractivity contribution in [2.45, 2.75) is 58.7 Å². The Balaban J connectivity index is 5.54. The lowest BCUT2D eigenvalue weighted by Gasteiger charge is -2.42. The maximum absolute atomic E-state index is 12.7. The highest BCUT2D eigenvalue weighted by Gasteiger charge is 2.40. The third-order valence-corrected chi connectivity index (χ3v) is 3.52. The summed E-state index contributed by atoms with van der Waals surface area (Å²) < 4.78 is 0. The molecule has 0 aromatic carbocycles. The van der Waals surface area contributed by atoms with Crippen LogP contribution in [0.4, 0.5) is 0 Å². The minimum atomic E-state index is -1.23. The Labute approximate surface area is 121 Å². The molecule has 0 aliphatic carbocycles. The van der Waals surface area contributed by atoms with Crippen molar-refractivity contribution in [1.29, 1.82) is 0 Å². The highest BCUT2D eigenvalue weighted by molar-refractivity contribution is 5.88. The first-order valence-electron chi connectivity index (χ1n) is 6.95. The molecule has 0 spiro atoms. The van der Waals surface area contributed by atoms with Gasteiger partial charge in [-0.3, -0.25) is 4.79 Å². The number of aliphatic hydroxyl groups excluding tert-OH is 1. The molecule has 0 unspecified atom stereocenters. The zero-order valence-electron chi connectivity index (χ0n) is 13.3. The molecule has 6 nitrogen and oxygen atoms in total. The summed E-state index contributed by atoms with van der Waals surface area (Å²) in [6, 6.07) is -1.70. The van der Waals surface area contributed by atoms with Crippen molar-refractivity contribution in [3.63, 3.8) is 0 Å². The number of aliphatic hydroxyl groups is 1. The van der Waals surface area contributed by atoms with Crippen LogP contribution < -0.4 is 5.32 Å². The molecule has 0 rings (SSSR count). The first-order valence-corrected chi connectivity index (χ1v) is 6.95. The van der Waals surface area contributed by atoms with E-state index in [1.54, 1.807) is 27.8 Å². The number of carbonyl (C=O) groups excluding carboxylic acids is 1. The van der Waals surface area contributed by atoms with Gasteiger partial charge in [-0.25, -0.2) is 4.79 Å². The molecule has 1 amide bonds. The quantitative estimate of drug-likeness (QED) is 0.641. The molecule has 0 aromatic rings. The number of hydrogen-bond acceptors (Lipinski definition) is 4. The minimum Gasteiger partial charge on any atom is -0.480 e. The predicted octanol–water partition coefficient (Wildman–Crippen LogP) is 0.693. The predicted molar refractivity (Wildman–Crippen MR) is 77.4 cm³/mol. The standard InChI is InChI=1S/C14H28N2O4/c1-7-9(2)11(15-6)12(18)16(14(3,4)5)10(8-17)13(19)20/h9-11,15,17H,7-8H2,1-6H3,(H,19,20)/t9-,10-,11-/m0/s1. The van der Waals surface area contributed by atoms with E-state index in [1.807, 2.05) is 13.8 Å². The number of likely N-dealkylation sites (N-methyl/N-ethyl adjacent to an activating group) is 1. The van der Waals surface area contributed by atoms with Gasteiger partial charge in [-0.1, -0.05) is 20.3 Å². The Hall–Kier alpha value is -1.14. The van der Waals surface area contributed by atoms with Crippen LogP contribution >= 0.6 is 0 Å². The van der Waals surface area contributed by atoms with E-state index in [0.717, 1.165) is 6.42 Å². The van der Waals surface area contributed by atoms with Crippen molar-refractivity contribution < 1.29 is 19.8 Å². The largest absolute Gasteiger partial charge is 0.480 e. The molecule has 0 aliphatic rings. The van der Waals surface area contributed by atoms with Crippen LogP contribution in [0.15, 0.2) is 0 Å². The number of carbonyl (C=O) groups is 2. The second-order valence-corrected chi connectivity index (χ2v) is 6.07. The molecule has 0 aromatic heterocycles. The second-order valence-electron chi connectivity index (χ2n) is 6.07. The van der Waals surface area contributed by atoms with E-state index >= 15 is 0 Å². The van der Waals surface area contributed by atoms with Gasteiger partial charge in [-0.05, 0) is 33.7 Å². The Kier molecular flexibility index (Phi) is 7.16. The fraction of sp³-hybridized carbons (Fsp3) is 0.857. The summed E-state index contributed by atoms with van der Waals surface area (Å²) in [4.78, 5) is 25.3. The molecule has 0 aliphatic heterocycles. The van der Waals surface area contributed by atoms with Gasteiger partial charge in [0, 0.05) is 5.54 Å². The number of amides is 1. The number of nitrogens with one attached hydrogen (secondary N) is 1. The second kappa shape index (κ2) is 7.59. The zero-order valence-corrected chi connectivity index (χ0v) is 13.3. The average Bonchev–Trinajstić information content (AvgIpc) is 2.33. The summed E-state index contributed by atoms with van der Waals surface area (Å²) in [6.45, 7) is 8.61. The number of carboxylic acids is 1. The minimum absolute atomic E-state index is 0.0745. The fourth-order valence-corrected chi connectivity index (χ4v) is 2.26. The van der Waals surface area contributed by atoms with Crippen LogP contribution in [0.2, 0.25) is 0 Å². The fourth-order valence-electron chi connectivity index (χ4n) is 2.26. The summed E-state index contributed by atoms with van der Waals surface area (Å²) >= 11 is 0. The number of aliphatic carboxylic acids is 1. The highest BCUT2D eigenvalue weighted by atomic mass is 16.4. The van der Waals surface area contributed by atoms with Crippen molar-refractivity contribution in [2.75, 3.05) is 13.7 Å². The maximum Gasteiger partial charge on any atom is 0.328 e. The number of nitrogens with zero attached hydrogens (tertiary/aromatic N) is 1. The Morgan fingerprint density at radius 1 is 1.30 bits per heavy atom. The number of rotatable bonds is 7. The molecular formula is C14H28N2O4. The first kappa shape index (κ1) is 18.9. The van der Waals surface area contributed by atoms with Gasteiger partial charge in [0.05, 0.1) is 12.6 Å².